The number of hydrogen-bond donors (Lipinski definition) is 0. The number of methoxy groups -OCH3 is 1. The van der Waals surface area contributed by atoms with Crippen LogP contribution in [0.1, 0.15) is 46.1 Å². The fourth-order valence-electron chi connectivity index (χ4n) is 2.27. The molecule has 0 aliphatic heterocycles. The molecule has 154 valence electrons. The van der Waals surface area contributed by atoms with E-state index in [0.29, 0.717) is 11.5 Å². The summed E-state index contributed by atoms with van der Waals surface area (Å²) in [6.45, 7) is 11.4. The third-order valence-electron chi connectivity index (χ3n) is 3.87. The zero-order valence-corrected chi connectivity index (χ0v) is 17.2. The summed E-state index contributed by atoms with van der Waals surface area (Å²) >= 11 is 0. The zero-order valence-electron chi connectivity index (χ0n) is 17.2. The van der Waals surface area contributed by atoms with Crippen molar-refractivity contribution in [3.05, 3.63) is 36.4 Å². The molecule has 28 heavy (non-hydrogen) atoms. The summed E-state index contributed by atoms with van der Waals surface area (Å²) < 4.78 is 20.9. The summed E-state index contributed by atoms with van der Waals surface area (Å²) in [5, 5.41) is 0. The van der Waals surface area contributed by atoms with Crippen LogP contribution in [-0.2, 0) is 23.9 Å². The van der Waals surface area contributed by atoms with Crippen molar-refractivity contribution in [1.82, 2.24) is 0 Å². The average molecular weight is 392 g/mol. The summed E-state index contributed by atoms with van der Waals surface area (Å²) in [4.78, 5) is 35.1. The third-order valence-corrected chi connectivity index (χ3v) is 3.87. The molecule has 1 aromatic rings. The van der Waals surface area contributed by atoms with Crippen molar-refractivity contribution >= 4 is 17.9 Å². The van der Waals surface area contributed by atoms with Crippen LogP contribution in [0, 0.1) is 5.92 Å². The molecule has 0 saturated heterocycles. The van der Waals surface area contributed by atoms with E-state index in [-0.39, 0.29) is 24.4 Å². The monoisotopic (exact) mass is 392 g/mol. The number of carbonyl (C=O) groups excluding carboxylic acids is 3. The van der Waals surface area contributed by atoms with Gasteiger partial charge in [-0.25, -0.2) is 4.79 Å². The van der Waals surface area contributed by atoms with Gasteiger partial charge in [0.1, 0.15) is 6.61 Å². The molecule has 0 bridgehead atoms. The van der Waals surface area contributed by atoms with Gasteiger partial charge >= 0.3 is 17.9 Å². The molecule has 0 saturated carbocycles. The summed E-state index contributed by atoms with van der Waals surface area (Å²) in [5.41, 5.74) is -0.626. The smallest absolute Gasteiger partial charge is 0.350 e. The molecule has 0 unspecified atom stereocenters. The van der Waals surface area contributed by atoms with Crippen LogP contribution in [0.2, 0.25) is 0 Å². The van der Waals surface area contributed by atoms with Gasteiger partial charge in [0.25, 0.3) is 0 Å². The van der Waals surface area contributed by atoms with Gasteiger partial charge < -0.3 is 18.9 Å². The van der Waals surface area contributed by atoms with Crippen LogP contribution >= 0.6 is 0 Å². The minimum absolute atomic E-state index is 0.00130. The first kappa shape index (κ1) is 23.2. The Morgan fingerprint density at radius 3 is 2.32 bits per heavy atom. The quantitative estimate of drug-likeness (QED) is 0.361. The molecular formula is C21H28O7. The molecule has 0 aromatic heterocycles. The van der Waals surface area contributed by atoms with Crippen LogP contribution < -0.4 is 9.47 Å². The van der Waals surface area contributed by atoms with E-state index in [2.05, 4.69) is 6.58 Å². The highest BCUT2D eigenvalue weighted by Gasteiger charge is 2.33. The first-order valence-corrected chi connectivity index (χ1v) is 8.90. The molecule has 0 fully saturated rings. The Balaban J connectivity index is 2.92. The van der Waals surface area contributed by atoms with E-state index >= 15 is 0 Å². The van der Waals surface area contributed by atoms with Gasteiger partial charge in [-0.15, -0.1) is 6.58 Å². The Labute approximate surface area is 165 Å². The largest absolute Gasteiger partial charge is 0.493 e. The van der Waals surface area contributed by atoms with Crippen LogP contribution in [0.3, 0.4) is 0 Å². The Bertz CT molecular complexity index is 734. The predicted molar refractivity (Wildman–Crippen MR) is 103 cm³/mol. The van der Waals surface area contributed by atoms with Crippen LogP contribution in [0.4, 0.5) is 0 Å². The zero-order chi connectivity index (χ0) is 21.5. The van der Waals surface area contributed by atoms with E-state index in [1.54, 1.807) is 38.1 Å². The van der Waals surface area contributed by atoms with E-state index in [0.717, 1.165) is 5.56 Å². The Kier molecular flexibility index (Phi) is 8.22. The first-order valence-electron chi connectivity index (χ1n) is 8.90. The van der Waals surface area contributed by atoms with E-state index in [1.165, 1.54) is 27.9 Å². The van der Waals surface area contributed by atoms with Gasteiger partial charge in [0.05, 0.1) is 13.0 Å². The van der Waals surface area contributed by atoms with E-state index in [9.17, 15) is 14.4 Å². The maximum Gasteiger partial charge on any atom is 0.350 e. The van der Waals surface area contributed by atoms with Gasteiger partial charge in [-0.3, -0.25) is 9.59 Å². The lowest BCUT2D eigenvalue weighted by Crippen LogP contribution is -2.38. The van der Waals surface area contributed by atoms with Crippen LogP contribution in [-0.4, -0.2) is 37.2 Å². The van der Waals surface area contributed by atoms with Crippen molar-refractivity contribution in [3.63, 3.8) is 0 Å². The van der Waals surface area contributed by atoms with Gasteiger partial charge in [-0.05, 0) is 31.5 Å². The number of hydrogen-bond acceptors (Lipinski definition) is 7. The van der Waals surface area contributed by atoms with Gasteiger partial charge in [-0.1, -0.05) is 26.0 Å². The number of ether oxygens (including phenoxy) is 4. The van der Waals surface area contributed by atoms with Crippen molar-refractivity contribution in [1.29, 1.82) is 0 Å². The lowest BCUT2D eigenvalue weighted by molar-refractivity contribution is -0.177. The molecule has 0 aliphatic rings. The second-order valence-electron chi connectivity index (χ2n) is 7.03. The van der Waals surface area contributed by atoms with Crippen molar-refractivity contribution < 1.29 is 33.3 Å². The Morgan fingerprint density at radius 2 is 1.82 bits per heavy atom. The molecule has 7 nitrogen and oxygen atoms in total. The predicted octanol–water partition coefficient (Wildman–Crippen LogP) is 3.41. The van der Waals surface area contributed by atoms with Crippen molar-refractivity contribution in [2.45, 2.75) is 46.1 Å². The molecule has 1 atom stereocenters. The van der Waals surface area contributed by atoms with Crippen molar-refractivity contribution in [2.75, 3.05) is 13.7 Å². The lowest BCUT2D eigenvalue weighted by Gasteiger charge is -2.23. The van der Waals surface area contributed by atoms with Gasteiger partial charge in [-0.2, -0.15) is 0 Å². The fraction of sp³-hybridized carbons (Fsp3) is 0.476. The Morgan fingerprint density at radius 1 is 1.18 bits per heavy atom. The number of esters is 3. The van der Waals surface area contributed by atoms with E-state index < -0.39 is 17.5 Å². The molecule has 7 heteroatoms. The normalized spacial score (nSPS) is 12.1. The molecule has 0 aliphatic carbocycles. The Hall–Kier alpha value is -2.83. The van der Waals surface area contributed by atoms with Crippen molar-refractivity contribution in [3.8, 4) is 11.5 Å². The first-order chi connectivity index (χ1) is 13.0. The second-order valence-corrected chi connectivity index (χ2v) is 7.03. The molecule has 0 heterocycles. The van der Waals surface area contributed by atoms with Gasteiger partial charge in [0.2, 0.25) is 5.60 Å². The minimum atomic E-state index is -1.38. The topological polar surface area (TPSA) is 88.1 Å². The number of rotatable bonds is 9. The number of benzene rings is 1. The standard InChI is InChI=1S/C21H28O7/c1-8-15(12-26-20(24)21(5,6)28-14(4)22)16-9-10-17(18(11-16)25-7)27-19(23)13(2)3/h8-11,13,15H,1,12H2,2-7H3/t15-/m0/s1. The lowest BCUT2D eigenvalue weighted by atomic mass is 9.99. The second kappa shape index (κ2) is 9.92. The average Bonchev–Trinajstić information content (AvgIpc) is 2.61. The van der Waals surface area contributed by atoms with Gasteiger partial charge in [0, 0.05) is 12.8 Å². The summed E-state index contributed by atoms with van der Waals surface area (Å²) in [6.07, 6.45) is 1.63. The molecule has 0 spiro atoms. The molecule has 0 amide bonds. The maximum atomic E-state index is 12.2. The van der Waals surface area contributed by atoms with Crippen LogP contribution in [0.5, 0.6) is 11.5 Å². The highest BCUT2D eigenvalue weighted by atomic mass is 16.6. The maximum absolute atomic E-state index is 12.2. The summed E-state index contributed by atoms with van der Waals surface area (Å²) in [5.74, 6) is -1.52. The molecular weight excluding hydrogens is 364 g/mol. The highest BCUT2D eigenvalue weighted by molar-refractivity contribution is 5.82. The minimum Gasteiger partial charge on any atom is -0.493 e. The van der Waals surface area contributed by atoms with Crippen LogP contribution in [0.15, 0.2) is 30.9 Å². The number of carbonyl (C=O) groups is 3. The molecule has 0 N–H and O–H groups in total. The fourth-order valence-corrected chi connectivity index (χ4v) is 2.27. The van der Waals surface area contributed by atoms with Crippen LogP contribution in [0.25, 0.3) is 0 Å². The van der Waals surface area contributed by atoms with Crippen molar-refractivity contribution in [2.24, 2.45) is 5.92 Å². The molecule has 1 aromatic carbocycles. The SMILES string of the molecule is C=C[C@@H](COC(=O)C(C)(C)OC(C)=O)c1ccc(OC(=O)C(C)C)c(OC)c1. The van der Waals surface area contributed by atoms with E-state index in [4.69, 9.17) is 18.9 Å². The van der Waals surface area contributed by atoms with E-state index in [1.807, 2.05) is 0 Å². The highest BCUT2D eigenvalue weighted by Crippen LogP contribution is 2.32. The summed E-state index contributed by atoms with van der Waals surface area (Å²) in [7, 11) is 1.47. The molecule has 0 radical (unpaired) electrons. The third kappa shape index (κ3) is 6.40. The van der Waals surface area contributed by atoms with Gasteiger partial charge in [0.15, 0.2) is 11.5 Å². The molecule has 1 rings (SSSR count). The summed E-state index contributed by atoms with van der Waals surface area (Å²) in [6, 6.07) is 5.05.